The van der Waals surface area contributed by atoms with Crippen molar-refractivity contribution in [3.05, 3.63) is 62.9 Å². The molecule has 128 valence electrons. The number of hydrogen-bond acceptors (Lipinski definition) is 5. The number of amides is 1. The highest BCUT2D eigenvalue weighted by Crippen LogP contribution is 2.27. The first-order chi connectivity index (χ1) is 12.0. The lowest BCUT2D eigenvalue weighted by Gasteiger charge is -2.09. The van der Waals surface area contributed by atoms with Crippen molar-refractivity contribution in [2.75, 3.05) is 19.5 Å². The zero-order valence-electron chi connectivity index (χ0n) is 13.5. The Bertz CT molecular complexity index is 1010. The Morgan fingerprint density at radius 2 is 1.92 bits per heavy atom. The minimum Gasteiger partial charge on any atom is -0.497 e. The fourth-order valence-electron chi connectivity index (χ4n) is 2.36. The third-order valence-corrected chi connectivity index (χ3v) is 4.30. The van der Waals surface area contributed by atoms with Gasteiger partial charge < -0.3 is 19.2 Å². The summed E-state index contributed by atoms with van der Waals surface area (Å²) in [6, 6.07) is 11.8. The molecule has 7 heteroatoms. The van der Waals surface area contributed by atoms with Crippen molar-refractivity contribution >= 4 is 38.5 Å². The van der Waals surface area contributed by atoms with Crippen molar-refractivity contribution in [3.63, 3.8) is 0 Å². The van der Waals surface area contributed by atoms with Gasteiger partial charge in [0.05, 0.1) is 19.8 Å². The van der Waals surface area contributed by atoms with Crippen molar-refractivity contribution in [1.82, 2.24) is 0 Å². The number of carbonyl (C=O) groups excluding carboxylic acids is 1. The van der Waals surface area contributed by atoms with Crippen LogP contribution in [0.25, 0.3) is 11.0 Å². The molecule has 6 nitrogen and oxygen atoms in total. The number of nitrogens with one attached hydrogen (secondary N) is 1. The van der Waals surface area contributed by atoms with E-state index in [2.05, 4.69) is 21.2 Å². The highest BCUT2D eigenvalue weighted by Gasteiger charge is 2.15. The molecule has 0 fully saturated rings. The number of carbonyl (C=O) groups is 1. The van der Waals surface area contributed by atoms with Crippen LogP contribution in [0.15, 0.2) is 56.1 Å². The van der Waals surface area contributed by atoms with E-state index in [1.807, 2.05) is 0 Å². The summed E-state index contributed by atoms with van der Waals surface area (Å²) in [5, 5.41) is 3.21. The minimum absolute atomic E-state index is 0.0421. The van der Waals surface area contributed by atoms with Crippen LogP contribution in [0.2, 0.25) is 0 Å². The molecule has 0 bridgehead atoms. The monoisotopic (exact) mass is 403 g/mol. The molecular formula is C18H14BrNO5. The second-order valence-electron chi connectivity index (χ2n) is 5.13. The van der Waals surface area contributed by atoms with Gasteiger partial charge >= 0.3 is 5.63 Å². The molecule has 0 saturated carbocycles. The van der Waals surface area contributed by atoms with Crippen LogP contribution in [-0.4, -0.2) is 20.1 Å². The molecular weight excluding hydrogens is 390 g/mol. The van der Waals surface area contributed by atoms with E-state index < -0.39 is 11.5 Å². The fourth-order valence-corrected chi connectivity index (χ4v) is 2.79. The number of hydrogen-bond donors (Lipinski definition) is 1. The number of rotatable bonds is 4. The summed E-state index contributed by atoms with van der Waals surface area (Å²) in [4.78, 5) is 24.7. The van der Waals surface area contributed by atoms with Gasteiger partial charge in [-0.3, -0.25) is 4.79 Å². The lowest BCUT2D eigenvalue weighted by atomic mass is 10.2. The van der Waals surface area contributed by atoms with Crippen molar-refractivity contribution in [2.45, 2.75) is 0 Å². The van der Waals surface area contributed by atoms with Gasteiger partial charge in [-0.25, -0.2) is 4.79 Å². The Morgan fingerprint density at radius 1 is 1.12 bits per heavy atom. The van der Waals surface area contributed by atoms with Crippen molar-refractivity contribution in [3.8, 4) is 11.5 Å². The Morgan fingerprint density at radius 3 is 2.64 bits per heavy atom. The normalized spacial score (nSPS) is 10.5. The molecule has 0 aliphatic rings. The largest absolute Gasteiger partial charge is 0.497 e. The third kappa shape index (κ3) is 3.36. The molecule has 1 amide bonds. The molecule has 1 heterocycles. The van der Waals surface area contributed by atoms with Gasteiger partial charge in [-0.2, -0.15) is 0 Å². The quantitative estimate of drug-likeness (QED) is 0.669. The molecule has 1 N–H and O–H groups in total. The first-order valence-corrected chi connectivity index (χ1v) is 8.08. The summed E-state index contributed by atoms with van der Waals surface area (Å²) in [6.07, 6.45) is 0. The molecule has 25 heavy (non-hydrogen) atoms. The molecule has 0 saturated heterocycles. The van der Waals surface area contributed by atoms with Crippen LogP contribution >= 0.6 is 15.9 Å². The predicted molar refractivity (Wildman–Crippen MR) is 97.7 cm³/mol. The summed E-state index contributed by atoms with van der Waals surface area (Å²) in [5.74, 6) is 0.520. The van der Waals surface area contributed by atoms with Gasteiger partial charge in [0.15, 0.2) is 11.3 Å². The molecule has 0 atom stereocenters. The number of benzene rings is 2. The zero-order chi connectivity index (χ0) is 18.0. The van der Waals surface area contributed by atoms with Crippen LogP contribution in [0.1, 0.15) is 10.4 Å². The maximum atomic E-state index is 12.5. The number of para-hydroxylation sites is 1. The Hall–Kier alpha value is -2.80. The summed E-state index contributed by atoms with van der Waals surface area (Å²) >= 11 is 3.32. The van der Waals surface area contributed by atoms with Crippen LogP contribution in [0.4, 0.5) is 5.69 Å². The van der Waals surface area contributed by atoms with Crippen molar-refractivity contribution < 1.29 is 18.7 Å². The van der Waals surface area contributed by atoms with Gasteiger partial charge in [0, 0.05) is 9.86 Å². The number of ether oxygens (including phenoxy) is 2. The minimum atomic E-state index is -0.663. The molecule has 0 unspecified atom stereocenters. The van der Waals surface area contributed by atoms with Crippen LogP contribution in [0, 0.1) is 0 Å². The molecule has 1 aromatic heterocycles. The lowest BCUT2D eigenvalue weighted by molar-refractivity contribution is 0.102. The standard InChI is InChI=1S/C18H14BrNO5/c1-23-11-6-7-13(19)12(9-11)17(21)20-14-8-10-4-3-5-15(24-2)16(10)25-18(14)22/h3-9H,1-2H3,(H,20,21). The summed E-state index contributed by atoms with van der Waals surface area (Å²) in [7, 11) is 3.00. The van der Waals surface area contributed by atoms with Gasteiger partial charge in [-0.1, -0.05) is 12.1 Å². The molecule has 2 aromatic carbocycles. The molecule has 0 radical (unpaired) electrons. The third-order valence-electron chi connectivity index (χ3n) is 3.61. The average Bonchev–Trinajstić information content (AvgIpc) is 2.62. The first-order valence-electron chi connectivity index (χ1n) is 7.29. The Balaban J connectivity index is 1.99. The fraction of sp³-hybridized carbons (Fsp3) is 0.111. The molecule has 0 aliphatic heterocycles. The number of anilines is 1. The van der Waals surface area contributed by atoms with Crippen LogP contribution in [0.5, 0.6) is 11.5 Å². The summed E-state index contributed by atoms with van der Waals surface area (Å²) in [5.41, 5.74) is 0.0462. The van der Waals surface area contributed by atoms with E-state index in [1.165, 1.54) is 14.2 Å². The number of fused-ring (bicyclic) bond motifs is 1. The maximum Gasteiger partial charge on any atom is 0.360 e. The molecule has 3 aromatic rings. The second-order valence-corrected chi connectivity index (χ2v) is 5.98. The van der Waals surface area contributed by atoms with E-state index >= 15 is 0 Å². The van der Waals surface area contributed by atoms with Crippen LogP contribution < -0.4 is 20.4 Å². The van der Waals surface area contributed by atoms with E-state index in [-0.39, 0.29) is 5.69 Å². The molecule has 3 rings (SSSR count). The summed E-state index contributed by atoms with van der Waals surface area (Å²) in [6.45, 7) is 0. The Kier molecular flexibility index (Phi) is 4.76. The van der Waals surface area contributed by atoms with E-state index in [4.69, 9.17) is 13.9 Å². The predicted octanol–water partition coefficient (Wildman–Crippen LogP) is 3.83. The number of methoxy groups -OCH3 is 2. The maximum absolute atomic E-state index is 12.5. The van der Waals surface area contributed by atoms with E-state index in [0.717, 1.165) is 0 Å². The Labute approximate surface area is 151 Å². The number of halogens is 1. The van der Waals surface area contributed by atoms with E-state index in [0.29, 0.717) is 32.5 Å². The van der Waals surface area contributed by atoms with Crippen molar-refractivity contribution in [1.29, 1.82) is 0 Å². The topological polar surface area (TPSA) is 77.8 Å². The zero-order valence-corrected chi connectivity index (χ0v) is 15.0. The van der Waals surface area contributed by atoms with Gasteiger partial charge in [0.25, 0.3) is 5.91 Å². The first kappa shape index (κ1) is 17.0. The van der Waals surface area contributed by atoms with Gasteiger partial charge in [-0.05, 0) is 46.3 Å². The SMILES string of the molecule is COc1ccc(Br)c(C(=O)Nc2cc3cccc(OC)c3oc2=O)c1. The van der Waals surface area contributed by atoms with Crippen LogP contribution in [0.3, 0.4) is 0 Å². The molecule has 0 aliphatic carbocycles. The molecule has 0 spiro atoms. The lowest BCUT2D eigenvalue weighted by Crippen LogP contribution is -2.18. The van der Waals surface area contributed by atoms with Crippen molar-refractivity contribution in [2.24, 2.45) is 0 Å². The van der Waals surface area contributed by atoms with Gasteiger partial charge in [-0.15, -0.1) is 0 Å². The second kappa shape index (κ2) is 6.98. The highest BCUT2D eigenvalue weighted by atomic mass is 79.9. The smallest absolute Gasteiger partial charge is 0.360 e. The van der Waals surface area contributed by atoms with Gasteiger partial charge in [0.2, 0.25) is 0 Å². The van der Waals surface area contributed by atoms with E-state index in [1.54, 1.807) is 42.5 Å². The van der Waals surface area contributed by atoms with Gasteiger partial charge in [0.1, 0.15) is 11.4 Å². The summed E-state index contributed by atoms with van der Waals surface area (Å²) < 4.78 is 16.2. The van der Waals surface area contributed by atoms with E-state index in [9.17, 15) is 9.59 Å². The average molecular weight is 404 g/mol. The highest BCUT2D eigenvalue weighted by molar-refractivity contribution is 9.10. The van der Waals surface area contributed by atoms with Crippen LogP contribution in [-0.2, 0) is 0 Å².